The fraction of sp³-hybridized carbons (Fsp3) is 0.278. The molecule has 0 spiro atoms. The topological polar surface area (TPSA) is 90.9 Å². The molecule has 0 aliphatic carbocycles. The first-order valence-electron chi connectivity index (χ1n) is 7.79. The second-order valence-corrected chi connectivity index (χ2v) is 6.15. The van der Waals surface area contributed by atoms with Crippen molar-refractivity contribution in [2.45, 2.75) is 19.3 Å². The minimum atomic E-state index is -0.549. The van der Waals surface area contributed by atoms with Gasteiger partial charge in [0.05, 0.1) is 17.7 Å². The van der Waals surface area contributed by atoms with E-state index in [1.165, 1.54) is 0 Å². The predicted octanol–water partition coefficient (Wildman–Crippen LogP) is 1.95. The van der Waals surface area contributed by atoms with E-state index in [1.54, 1.807) is 12.3 Å². The Hall–Kier alpha value is -2.73. The quantitative estimate of drug-likeness (QED) is 0.669. The second-order valence-electron chi connectivity index (χ2n) is 6.15. The monoisotopic (exact) mass is 324 g/mol. The number of aliphatic hydroxyl groups excluding tert-OH is 1. The standard InChI is InChI=1S/C18H20N4O2/c1-12-21-15-14(8-9-19-16(15)22-12)17(24)20-10-18(2,11-23)13-6-4-3-5-7-13/h3-9,23H,10-11H2,1-2H3,(H,20,24)(H,19,21,22). The van der Waals surface area contributed by atoms with E-state index in [0.717, 1.165) is 5.56 Å². The maximum atomic E-state index is 12.6. The molecule has 24 heavy (non-hydrogen) atoms. The highest BCUT2D eigenvalue weighted by Gasteiger charge is 2.27. The van der Waals surface area contributed by atoms with Crippen LogP contribution in [0.25, 0.3) is 11.2 Å². The predicted molar refractivity (Wildman–Crippen MR) is 91.8 cm³/mol. The molecule has 2 heterocycles. The number of aromatic nitrogens is 3. The van der Waals surface area contributed by atoms with Gasteiger partial charge < -0.3 is 15.4 Å². The molecule has 0 fully saturated rings. The lowest BCUT2D eigenvalue weighted by molar-refractivity contribution is 0.0935. The molecule has 124 valence electrons. The summed E-state index contributed by atoms with van der Waals surface area (Å²) in [7, 11) is 0. The minimum Gasteiger partial charge on any atom is -0.395 e. The number of hydrogen-bond acceptors (Lipinski definition) is 4. The number of benzene rings is 1. The number of fused-ring (bicyclic) bond motifs is 1. The van der Waals surface area contributed by atoms with E-state index >= 15 is 0 Å². The molecule has 0 bridgehead atoms. The summed E-state index contributed by atoms with van der Waals surface area (Å²) in [6.07, 6.45) is 1.57. The van der Waals surface area contributed by atoms with Gasteiger partial charge in [0.2, 0.25) is 0 Å². The maximum absolute atomic E-state index is 12.6. The first-order chi connectivity index (χ1) is 11.5. The number of nitrogens with one attached hydrogen (secondary N) is 2. The van der Waals surface area contributed by atoms with Crippen LogP contribution in [0.1, 0.15) is 28.7 Å². The first kappa shape index (κ1) is 16.1. The summed E-state index contributed by atoms with van der Waals surface area (Å²) in [5.41, 5.74) is 2.07. The summed E-state index contributed by atoms with van der Waals surface area (Å²) >= 11 is 0. The number of hydrogen-bond donors (Lipinski definition) is 3. The van der Waals surface area contributed by atoms with Gasteiger partial charge in [0, 0.05) is 18.2 Å². The van der Waals surface area contributed by atoms with Gasteiger partial charge in [-0.15, -0.1) is 0 Å². The van der Waals surface area contributed by atoms with Gasteiger partial charge >= 0.3 is 0 Å². The molecule has 1 unspecified atom stereocenters. The third-order valence-corrected chi connectivity index (χ3v) is 4.21. The minimum absolute atomic E-state index is 0.0633. The zero-order chi connectivity index (χ0) is 17.2. The number of nitrogens with zero attached hydrogens (tertiary/aromatic N) is 2. The largest absolute Gasteiger partial charge is 0.395 e. The zero-order valence-electron chi connectivity index (χ0n) is 13.7. The highest BCUT2D eigenvalue weighted by molar-refractivity contribution is 6.04. The van der Waals surface area contributed by atoms with Crippen LogP contribution < -0.4 is 5.32 Å². The first-order valence-corrected chi connectivity index (χ1v) is 7.79. The number of rotatable bonds is 5. The number of pyridine rings is 1. The number of aryl methyl sites for hydroxylation is 1. The lowest BCUT2D eigenvalue weighted by Gasteiger charge is -2.28. The van der Waals surface area contributed by atoms with Crippen molar-refractivity contribution in [3.05, 3.63) is 59.5 Å². The fourth-order valence-electron chi connectivity index (χ4n) is 2.68. The van der Waals surface area contributed by atoms with Crippen molar-refractivity contribution in [3.63, 3.8) is 0 Å². The van der Waals surface area contributed by atoms with E-state index in [9.17, 15) is 9.90 Å². The summed E-state index contributed by atoms with van der Waals surface area (Å²) < 4.78 is 0. The Kier molecular flexibility index (Phi) is 4.31. The van der Waals surface area contributed by atoms with E-state index < -0.39 is 5.41 Å². The van der Waals surface area contributed by atoms with Crippen molar-refractivity contribution in [1.82, 2.24) is 20.3 Å². The number of H-pyrrole nitrogens is 1. The molecule has 1 amide bonds. The summed E-state index contributed by atoms with van der Waals surface area (Å²) in [5, 5.41) is 12.7. The molecule has 0 aliphatic heterocycles. The van der Waals surface area contributed by atoms with Crippen molar-refractivity contribution in [2.24, 2.45) is 0 Å². The molecule has 3 rings (SSSR count). The van der Waals surface area contributed by atoms with Crippen LogP contribution in [0, 0.1) is 6.92 Å². The Labute approximate surface area is 140 Å². The van der Waals surface area contributed by atoms with Gasteiger partial charge in [-0.1, -0.05) is 37.3 Å². The summed E-state index contributed by atoms with van der Waals surface area (Å²) in [6.45, 7) is 4.00. The Balaban J connectivity index is 1.81. The van der Waals surface area contributed by atoms with Crippen LogP contribution in [0.2, 0.25) is 0 Å². The molecule has 0 radical (unpaired) electrons. The van der Waals surface area contributed by atoms with Crippen molar-refractivity contribution in [3.8, 4) is 0 Å². The van der Waals surface area contributed by atoms with Gasteiger partial charge in [0.25, 0.3) is 5.91 Å². The van der Waals surface area contributed by atoms with Crippen molar-refractivity contribution in [2.75, 3.05) is 13.2 Å². The van der Waals surface area contributed by atoms with Crippen molar-refractivity contribution in [1.29, 1.82) is 0 Å². The Morgan fingerprint density at radius 1 is 1.29 bits per heavy atom. The number of carbonyl (C=O) groups excluding carboxylic acids is 1. The number of aromatic amines is 1. The summed E-state index contributed by atoms with van der Waals surface area (Å²) in [4.78, 5) is 24.1. The SMILES string of the molecule is Cc1nc2nccc(C(=O)NCC(C)(CO)c3ccccc3)c2[nH]1. The molecule has 0 saturated carbocycles. The number of aliphatic hydroxyl groups is 1. The van der Waals surface area contributed by atoms with Gasteiger partial charge in [0.1, 0.15) is 5.82 Å². The molecule has 3 N–H and O–H groups in total. The Bertz CT molecular complexity index is 860. The Morgan fingerprint density at radius 2 is 2.04 bits per heavy atom. The van der Waals surface area contributed by atoms with Gasteiger partial charge in [-0.25, -0.2) is 9.97 Å². The average Bonchev–Trinajstić information content (AvgIpc) is 3.00. The van der Waals surface area contributed by atoms with Crippen LogP contribution in [-0.2, 0) is 5.41 Å². The van der Waals surface area contributed by atoms with Gasteiger partial charge in [-0.05, 0) is 18.6 Å². The van der Waals surface area contributed by atoms with Crippen LogP contribution >= 0.6 is 0 Å². The lowest BCUT2D eigenvalue weighted by atomic mass is 9.83. The average molecular weight is 324 g/mol. The van der Waals surface area contributed by atoms with Crippen LogP contribution in [0.3, 0.4) is 0 Å². The molecule has 0 aliphatic rings. The van der Waals surface area contributed by atoms with E-state index in [-0.39, 0.29) is 12.5 Å². The molecule has 3 aromatic rings. The van der Waals surface area contributed by atoms with E-state index in [0.29, 0.717) is 29.1 Å². The summed E-state index contributed by atoms with van der Waals surface area (Å²) in [5.74, 6) is 0.490. The molecule has 6 nitrogen and oxygen atoms in total. The van der Waals surface area contributed by atoms with E-state index in [4.69, 9.17) is 0 Å². The molecular formula is C18H20N4O2. The fourth-order valence-corrected chi connectivity index (χ4v) is 2.68. The third kappa shape index (κ3) is 3.00. The molecular weight excluding hydrogens is 304 g/mol. The smallest absolute Gasteiger partial charge is 0.253 e. The second kappa shape index (κ2) is 6.41. The number of amides is 1. The molecule has 0 saturated heterocycles. The summed E-state index contributed by atoms with van der Waals surface area (Å²) in [6, 6.07) is 11.3. The van der Waals surface area contributed by atoms with Crippen molar-refractivity contribution < 1.29 is 9.90 Å². The lowest BCUT2D eigenvalue weighted by Crippen LogP contribution is -2.41. The van der Waals surface area contributed by atoms with Gasteiger partial charge in [-0.2, -0.15) is 0 Å². The van der Waals surface area contributed by atoms with Crippen LogP contribution in [0.15, 0.2) is 42.6 Å². The van der Waals surface area contributed by atoms with E-state index in [2.05, 4.69) is 20.3 Å². The highest BCUT2D eigenvalue weighted by atomic mass is 16.3. The van der Waals surface area contributed by atoms with Crippen LogP contribution in [-0.4, -0.2) is 39.1 Å². The molecule has 1 aromatic carbocycles. The highest BCUT2D eigenvalue weighted by Crippen LogP contribution is 2.22. The molecule has 1 atom stereocenters. The molecule has 2 aromatic heterocycles. The van der Waals surface area contributed by atoms with Gasteiger partial charge in [0.15, 0.2) is 5.65 Å². The molecule has 6 heteroatoms. The normalized spacial score (nSPS) is 13.6. The van der Waals surface area contributed by atoms with Crippen molar-refractivity contribution >= 4 is 17.1 Å². The van der Waals surface area contributed by atoms with Crippen LogP contribution in [0.5, 0.6) is 0 Å². The van der Waals surface area contributed by atoms with E-state index in [1.807, 2.05) is 44.2 Å². The zero-order valence-corrected chi connectivity index (χ0v) is 13.7. The third-order valence-electron chi connectivity index (χ3n) is 4.21. The van der Waals surface area contributed by atoms with Crippen LogP contribution in [0.4, 0.5) is 0 Å². The number of imidazole rings is 1. The maximum Gasteiger partial charge on any atom is 0.253 e. The Morgan fingerprint density at radius 3 is 2.75 bits per heavy atom. The number of carbonyl (C=O) groups is 1. The van der Waals surface area contributed by atoms with Gasteiger partial charge in [-0.3, -0.25) is 4.79 Å².